The van der Waals surface area contributed by atoms with Crippen molar-refractivity contribution in [3.8, 4) is 0 Å². The van der Waals surface area contributed by atoms with Gasteiger partial charge in [0, 0.05) is 45.6 Å². The molecular weight excluding hydrogens is 441 g/mol. The number of rotatable bonds is 4. The van der Waals surface area contributed by atoms with Crippen LogP contribution in [-0.4, -0.2) is 46.9 Å². The Bertz CT molecular complexity index is 728. The number of anilines is 1. The largest absolute Gasteiger partial charge is 0.367 e. The van der Waals surface area contributed by atoms with Crippen LogP contribution < -0.4 is 15.5 Å². The summed E-state index contributed by atoms with van der Waals surface area (Å²) in [7, 11) is 3.76. The maximum atomic E-state index is 4.42. The van der Waals surface area contributed by atoms with Crippen LogP contribution in [0.15, 0.2) is 35.7 Å². The van der Waals surface area contributed by atoms with Crippen LogP contribution in [0.2, 0.25) is 0 Å². The van der Waals surface area contributed by atoms with Gasteiger partial charge < -0.3 is 15.5 Å². The summed E-state index contributed by atoms with van der Waals surface area (Å²) in [6.45, 7) is 4.77. The van der Waals surface area contributed by atoms with E-state index in [-0.39, 0.29) is 24.0 Å². The Balaban J connectivity index is 0.00000243. The third-order valence-corrected chi connectivity index (χ3v) is 4.58. The molecule has 1 aliphatic heterocycles. The molecule has 142 valence electrons. The molecule has 1 saturated heterocycles. The average molecular weight is 469 g/mol. The van der Waals surface area contributed by atoms with Crippen molar-refractivity contribution in [1.29, 1.82) is 0 Å². The molecule has 2 aromatic rings. The van der Waals surface area contributed by atoms with Gasteiger partial charge in [-0.15, -0.1) is 24.0 Å². The van der Waals surface area contributed by atoms with Gasteiger partial charge in [0.2, 0.25) is 0 Å². The summed E-state index contributed by atoms with van der Waals surface area (Å²) in [4.78, 5) is 11.2. The van der Waals surface area contributed by atoms with E-state index in [2.05, 4.69) is 49.8 Å². The number of pyridine rings is 1. The highest BCUT2D eigenvalue weighted by atomic mass is 127. The minimum absolute atomic E-state index is 0. The predicted octanol–water partition coefficient (Wildman–Crippen LogP) is 2.08. The molecule has 0 bridgehead atoms. The summed E-state index contributed by atoms with van der Waals surface area (Å²) < 4.78 is 1.85. The minimum Gasteiger partial charge on any atom is -0.367 e. The van der Waals surface area contributed by atoms with E-state index in [1.54, 1.807) is 0 Å². The number of halogens is 1. The van der Waals surface area contributed by atoms with Crippen LogP contribution in [0.5, 0.6) is 0 Å². The van der Waals surface area contributed by atoms with Gasteiger partial charge in [-0.25, -0.2) is 0 Å². The number of nitrogens with one attached hydrogen (secondary N) is 2. The predicted molar refractivity (Wildman–Crippen MR) is 116 cm³/mol. The lowest BCUT2D eigenvalue weighted by molar-refractivity contribution is 0.468. The van der Waals surface area contributed by atoms with Crippen molar-refractivity contribution in [1.82, 2.24) is 25.4 Å². The molecule has 0 saturated carbocycles. The number of piperidine rings is 1. The molecule has 0 radical (unpaired) electrons. The second-order valence-corrected chi connectivity index (χ2v) is 6.49. The van der Waals surface area contributed by atoms with Crippen molar-refractivity contribution in [3.63, 3.8) is 0 Å². The fourth-order valence-corrected chi connectivity index (χ4v) is 3.16. The first kappa shape index (κ1) is 20.5. The van der Waals surface area contributed by atoms with Crippen LogP contribution >= 0.6 is 24.0 Å². The van der Waals surface area contributed by atoms with E-state index >= 15 is 0 Å². The molecule has 8 heteroatoms. The first-order valence-electron chi connectivity index (χ1n) is 8.77. The van der Waals surface area contributed by atoms with Crippen LogP contribution in [0, 0.1) is 6.92 Å². The molecular formula is C18H28IN7. The number of aromatic nitrogens is 3. The molecule has 1 fully saturated rings. The third kappa shape index (κ3) is 5.33. The normalized spacial score (nSPS) is 17.6. The Morgan fingerprint density at radius 2 is 2.27 bits per heavy atom. The first-order chi connectivity index (χ1) is 12.2. The molecule has 0 aliphatic carbocycles. The monoisotopic (exact) mass is 469 g/mol. The lowest BCUT2D eigenvalue weighted by Gasteiger charge is -2.34. The summed E-state index contributed by atoms with van der Waals surface area (Å²) in [6, 6.07) is 4.40. The van der Waals surface area contributed by atoms with Crippen molar-refractivity contribution in [2.24, 2.45) is 12.0 Å². The van der Waals surface area contributed by atoms with Crippen LogP contribution in [0.4, 0.5) is 5.69 Å². The molecule has 0 spiro atoms. The highest BCUT2D eigenvalue weighted by Gasteiger charge is 2.21. The molecule has 26 heavy (non-hydrogen) atoms. The Hall–Kier alpha value is -1.84. The summed E-state index contributed by atoms with van der Waals surface area (Å²) in [5.74, 6) is 0.822. The topological polar surface area (TPSA) is 70.4 Å². The Morgan fingerprint density at radius 3 is 2.96 bits per heavy atom. The van der Waals surface area contributed by atoms with Gasteiger partial charge in [-0.2, -0.15) is 5.10 Å². The second-order valence-electron chi connectivity index (χ2n) is 6.49. The van der Waals surface area contributed by atoms with E-state index in [9.17, 15) is 0 Å². The molecule has 0 aromatic carbocycles. The summed E-state index contributed by atoms with van der Waals surface area (Å²) in [5.41, 5.74) is 3.41. The van der Waals surface area contributed by atoms with E-state index in [0.29, 0.717) is 12.6 Å². The van der Waals surface area contributed by atoms with Gasteiger partial charge in [0.1, 0.15) is 0 Å². The molecule has 2 N–H and O–H groups in total. The fraction of sp³-hybridized carbons (Fsp3) is 0.500. The van der Waals surface area contributed by atoms with Gasteiger partial charge in [0.05, 0.1) is 24.1 Å². The summed E-state index contributed by atoms with van der Waals surface area (Å²) in [5, 5.41) is 11.2. The SMILES string of the molecule is CN=C(NCc1ncccc1C)NC1CCCN(c2cnn(C)c2)C1.I. The van der Waals surface area contributed by atoms with E-state index < -0.39 is 0 Å². The van der Waals surface area contributed by atoms with Crippen LogP contribution in [0.3, 0.4) is 0 Å². The highest BCUT2D eigenvalue weighted by Crippen LogP contribution is 2.18. The van der Waals surface area contributed by atoms with Gasteiger partial charge >= 0.3 is 0 Å². The number of hydrogen-bond donors (Lipinski definition) is 2. The molecule has 0 amide bonds. The van der Waals surface area contributed by atoms with Crippen molar-refractivity contribution in [3.05, 3.63) is 42.0 Å². The standard InChI is InChI=1S/C18H27N7.HI/c1-14-6-4-8-20-17(14)11-21-18(19-2)23-15-7-5-9-25(12-15)16-10-22-24(3)13-16;/h4,6,8,10,13,15H,5,7,9,11-12H2,1-3H3,(H2,19,21,23);1H. The maximum Gasteiger partial charge on any atom is 0.191 e. The zero-order valence-electron chi connectivity index (χ0n) is 15.6. The zero-order chi connectivity index (χ0) is 17.6. The Kier molecular flexibility index (Phi) is 7.67. The van der Waals surface area contributed by atoms with Crippen molar-refractivity contribution in [2.75, 3.05) is 25.0 Å². The number of aryl methyl sites for hydroxylation is 2. The molecule has 1 atom stereocenters. The molecule has 1 unspecified atom stereocenters. The molecule has 2 aromatic heterocycles. The number of aliphatic imine (C=N–C) groups is 1. The second kappa shape index (κ2) is 9.75. The quantitative estimate of drug-likeness (QED) is 0.408. The minimum atomic E-state index is 0. The zero-order valence-corrected chi connectivity index (χ0v) is 18.0. The van der Waals surface area contributed by atoms with E-state index in [4.69, 9.17) is 0 Å². The van der Waals surface area contributed by atoms with Crippen LogP contribution in [0.1, 0.15) is 24.1 Å². The molecule has 3 rings (SSSR count). The highest BCUT2D eigenvalue weighted by molar-refractivity contribution is 14.0. The lowest BCUT2D eigenvalue weighted by atomic mass is 10.1. The fourth-order valence-electron chi connectivity index (χ4n) is 3.16. The van der Waals surface area contributed by atoms with E-state index in [1.165, 1.54) is 11.3 Å². The third-order valence-electron chi connectivity index (χ3n) is 4.58. The number of nitrogens with zero attached hydrogens (tertiary/aromatic N) is 5. The average Bonchev–Trinajstić information content (AvgIpc) is 3.06. The molecule has 3 heterocycles. The van der Waals surface area contributed by atoms with Gasteiger partial charge in [-0.1, -0.05) is 6.07 Å². The lowest BCUT2D eigenvalue weighted by Crippen LogP contribution is -2.51. The van der Waals surface area contributed by atoms with Gasteiger partial charge in [0.15, 0.2) is 5.96 Å². The Morgan fingerprint density at radius 1 is 1.42 bits per heavy atom. The van der Waals surface area contributed by atoms with Gasteiger partial charge in [-0.05, 0) is 31.4 Å². The van der Waals surface area contributed by atoms with Gasteiger partial charge in [-0.3, -0.25) is 14.7 Å². The molecule has 1 aliphatic rings. The van der Waals surface area contributed by atoms with Crippen molar-refractivity contribution < 1.29 is 0 Å². The Labute approximate surface area is 172 Å². The summed E-state index contributed by atoms with van der Waals surface area (Å²) >= 11 is 0. The van der Waals surface area contributed by atoms with E-state index in [0.717, 1.165) is 37.6 Å². The van der Waals surface area contributed by atoms with Gasteiger partial charge in [0.25, 0.3) is 0 Å². The number of guanidine groups is 1. The van der Waals surface area contributed by atoms with Crippen LogP contribution in [0.25, 0.3) is 0 Å². The number of hydrogen-bond acceptors (Lipinski definition) is 4. The molecule has 7 nitrogen and oxygen atoms in total. The van der Waals surface area contributed by atoms with E-state index in [1.807, 2.05) is 37.2 Å². The van der Waals surface area contributed by atoms with Crippen molar-refractivity contribution in [2.45, 2.75) is 32.4 Å². The van der Waals surface area contributed by atoms with Crippen LogP contribution in [-0.2, 0) is 13.6 Å². The smallest absolute Gasteiger partial charge is 0.191 e. The summed E-state index contributed by atoms with van der Waals surface area (Å²) in [6.07, 6.45) is 8.12. The maximum absolute atomic E-state index is 4.42. The first-order valence-corrected chi connectivity index (χ1v) is 8.77. The van der Waals surface area contributed by atoms with Crippen molar-refractivity contribution >= 4 is 35.6 Å².